The lowest BCUT2D eigenvalue weighted by atomic mass is 9.93. The van der Waals surface area contributed by atoms with Crippen molar-refractivity contribution in [2.24, 2.45) is 0 Å². The number of rotatable bonds is 17. The van der Waals surface area contributed by atoms with Crippen LogP contribution in [-0.4, -0.2) is 22.2 Å². The van der Waals surface area contributed by atoms with Crippen molar-refractivity contribution >= 4 is 11.9 Å². The Hall–Kier alpha value is -1.84. The zero-order chi connectivity index (χ0) is 20.6. The smallest absolute Gasteiger partial charge is 0.303 e. The zero-order valence-corrected chi connectivity index (χ0v) is 17.5. The quantitative estimate of drug-likeness (QED) is 0.311. The van der Waals surface area contributed by atoms with Crippen molar-refractivity contribution < 1.29 is 19.8 Å². The van der Waals surface area contributed by atoms with Gasteiger partial charge in [0.2, 0.25) is 0 Å². The molecule has 28 heavy (non-hydrogen) atoms. The Bertz CT molecular complexity index is 580. The van der Waals surface area contributed by atoms with Gasteiger partial charge in [-0.3, -0.25) is 9.59 Å². The van der Waals surface area contributed by atoms with E-state index >= 15 is 0 Å². The van der Waals surface area contributed by atoms with E-state index in [1.165, 1.54) is 55.2 Å². The highest BCUT2D eigenvalue weighted by Gasteiger charge is 2.07. The third kappa shape index (κ3) is 11.8. The molecule has 0 saturated carbocycles. The Morgan fingerprint density at radius 1 is 0.679 bits per heavy atom. The number of carboxylic acids is 2. The van der Waals surface area contributed by atoms with E-state index in [9.17, 15) is 9.59 Å². The minimum Gasteiger partial charge on any atom is -0.481 e. The highest BCUT2D eigenvalue weighted by Crippen LogP contribution is 2.20. The van der Waals surface area contributed by atoms with Crippen LogP contribution in [0.4, 0.5) is 0 Å². The molecular weight excluding hydrogens is 352 g/mol. The average Bonchev–Trinajstić information content (AvgIpc) is 2.66. The SMILES string of the molecule is CCCCCCCCc1ccc(CCCCC(=O)O)c(CCCCC(=O)O)c1. The van der Waals surface area contributed by atoms with Crippen LogP contribution in [0.15, 0.2) is 18.2 Å². The summed E-state index contributed by atoms with van der Waals surface area (Å²) in [5, 5.41) is 17.6. The molecule has 2 N–H and O–H groups in total. The first kappa shape index (κ1) is 24.2. The molecule has 1 rings (SSSR count). The number of benzene rings is 1. The van der Waals surface area contributed by atoms with Crippen molar-refractivity contribution in [2.75, 3.05) is 0 Å². The van der Waals surface area contributed by atoms with E-state index in [0.717, 1.165) is 32.1 Å². The summed E-state index contributed by atoms with van der Waals surface area (Å²) in [6.07, 6.45) is 14.3. The Morgan fingerprint density at radius 3 is 1.82 bits per heavy atom. The molecule has 0 amide bonds. The molecule has 0 heterocycles. The van der Waals surface area contributed by atoms with Gasteiger partial charge in [-0.25, -0.2) is 0 Å². The van der Waals surface area contributed by atoms with Gasteiger partial charge >= 0.3 is 11.9 Å². The summed E-state index contributed by atoms with van der Waals surface area (Å²) in [7, 11) is 0. The van der Waals surface area contributed by atoms with Gasteiger partial charge in [0.15, 0.2) is 0 Å². The van der Waals surface area contributed by atoms with Crippen LogP contribution in [0.25, 0.3) is 0 Å². The van der Waals surface area contributed by atoms with Crippen molar-refractivity contribution in [3.8, 4) is 0 Å². The lowest BCUT2D eigenvalue weighted by Crippen LogP contribution is -2.00. The van der Waals surface area contributed by atoms with Gasteiger partial charge in [0.25, 0.3) is 0 Å². The Morgan fingerprint density at radius 2 is 1.21 bits per heavy atom. The van der Waals surface area contributed by atoms with Crippen LogP contribution in [0.1, 0.15) is 101 Å². The van der Waals surface area contributed by atoms with Gasteiger partial charge in [-0.15, -0.1) is 0 Å². The van der Waals surface area contributed by atoms with Gasteiger partial charge in [0.1, 0.15) is 0 Å². The molecule has 0 aliphatic heterocycles. The predicted octanol–water partition coefficient (Wildman–Crippen LogP) is 6.18. The first-order chi connectivity index (χ1) is 13.5. The highest BCUT2D eigenvalue weighted by atomic mass is 16.4. The summed E-state index contributed by atoms with van der Waals surface area (Å²) in [6, 6.07) is 6.73. The maximum absolute atomic E-state index is 10.7. The summed E-state index contributed by atoms with van der Waals surface area (Å²) in [5.74, 6) is -1.46. The first-order valence-electron chi connectivity index (χ1n) is 11.1. The van der Waals surface area contributed by atoms with E-state index in [1.54, 1.807) is 0 Å². The van der Waals surface area contributed by atoms with Crippen molar-refractivity contribution in [3.63, 3.8) is 0 Å². The van der Waals surface area contributed by atoms with Crippen LogP contribution in [0.2, 0.25) is 0 Å². The molecule has 0 aromatic heterocycles. The van der Waals surface area contributed by atoms with Gasteiger partial charge in [-0.1, -0.05) is 57.2 Å². The third-order valence-electron chi connectivity index (χ3n) is 5.26. The van der Waals surface area contributed by atoms with E-state index in [2.05, 4.69) is 25.1 Å². The maximum Gasteiger partial charge on any atom is 0.303 e. The molecule has 0 aliphatic carbocycles. The molecule has 1 aromatic rings. The number of aryl methyl sites for hydroxylation is 3. The minimum absolute atomic E-state index is 0.226. The molecule has 0 fully saturated rings. The molecule has 0 aliphatic rings. The van der Waals surface area contributed by atoms with Crippen LogP contribution in [0.5, 0.6) is 0 Å². The predicted molar refractivity (Wildman–Crippen MR) is 114 cm³/mol. The molecule has 0 bridgehead atoms. The largest absolute Gasteiger partial charge is 0.481 e. The fourth-order valence-electron chi connectivity index (χ4n) is 3.60. The van der Waals surface area contributed by atoms with Crippen LogP contribution in [0.3, 0.4) is 0 Å². The molecule has 0 atom stereocenters. The van der Waals surface area contributed by atoms with Crippen molar-refractivity contribution in [1.29, 1.82) is 0 Å². The Kier molecular flexibility index (Phi) is 13.1. The number of aliphatic carboxylic acids is 2. The van der Waals surface area contributed by atoms with Gasteiger partial charge in [-0.05, 0) is 68.1 Å². The molecule has 4 nitrogen and oxygen atoms in total. The van der Waals surface area contributed by atoms with Crippen LogP contribution < -0.4 is 0 Å². The fraction of sp³-hybridized carbons (Fsp3) is 0.667. The molecule has 0 spiro atoms. The first-order valence-corrected chi connectivity index (χ1v) is 11.1. The number of carboxylic acid groups (broad SMARTS) is 2. The topological polar surface area (TPSA) is 74.6 Å². The molecule has 0 radical (unpaired) electrons. The Labute approximate surface area is 170 Å². The molecule has 0 saturated heterocycles. The summed E-state index contributed by atoms with van der Waals surface area (Å²) in [5.41, 5.74) is 4.00. The molecular formula is C24H38O4. The summed E-state index contributed by atoms with van der Waals surface area (Å²) >= 11 is 0. The second-order valence-corrected chi connectivity index (χ2v) is 7.82. The molecule has 0 unspecified atom stereocenters. The van der Waals surface area contributed by atoms with Gasteiger partial charge < -0.3 is 10.2 Å². The van der Waals surface area contributed by atoms with Crippen LogP contribution in [0, 0.1) is 0 Å². The van der Waals surface area contributed by atoms with Gasteiger partial charge in [0, 0.05) is 12.8 Å². The molecule has 1 aromatic carbocycles. The lowest BCUT2D eigenvalue weighted by molar-refractivity contribution is -0.138. The van der Waals surface area contributed by atoms with E-state index in [0.29, 0.717) is 12.8 Å². The second-order valence-electron chi connectivity index (χ2n) is 7.82. The van der Waals surface area contributed by atoms with Gasteiger partial charge in [0.05, 0.1) is 0 Å². The lowest BCUT2D eigenvalue weighted by Gasteiger charge is -2.12. The summed E-state index contributed by atoms with van der Waals surface area (Å²) in [6.45, 7) is 2.24. The zero-order valence-electron chi connectivity index (χ0n) is 17.5. The monoisotopic (exact) mass is 390 g/mol. The number of unbranched alkanes of at least 4 members (excludes halogenated alkanes) is 7. The third-order valence-corrected chi connectivity index (χ3v) is 5.26. The Balaban J connectivity index is 2.56. The minimum atomic E-state index is -0.733. The van der Waals surface area contributed by atoms with Crippen molar-refractivity contribution in [2.45, 2.75) is 103 Å². The van der Waals surface area contributed by atoms with E-state index in [4.69, 9.17) is 10.2 Å². The number of hydrogen-bond acceptors (Lipinski definition) is 2. The van der Waals surface area contributed by atoms with E-state index < -0.39 is 11.9 Å². The second kappa shape index (κ2) is 15.1. The number of carbonyl (C=O) groups is 2. The molecule has 158 valence electrons. The van der Waals surface area contributed by atoms with E-state index in [1.807, 2.05) is 0 Å². The van der Waals surface area contributed by atoms with Gasteiger partial charge in [-0.2, -0.15) is 0 Å². The average molecular weight is 391 g/mol. The summed E-state index contributed by atoms with van der Waals surface area (Å²) < 4.78 is 0. The fourth-order valence-corrected chi connectivity index (χ4v) is 3.60. The maximum atomic E-state index is 10.7. The van der Waals surface area contributed by atoms with E-state index in [-0.39, 0.29) is 12.8 Å². The van der Waals surface area contributed by atoms with Crippen LogP contribution in [-0.2, 0) is 28.9 Å². The summed E-state index contributed by atoms with van der Waals surface area (Å²) in [4.78, 5) is 21.4. The standard InChI is InChI=1S/C24H38O4/c1-2-3-4-5-6-7-12-20-17-18-21(13-8-10-15-23(25)26)22(19-20)14-9-11-16-24(27)28/h17-19H,2-16H2,1H3,(H,25,26)(H,27,28). The highest BCUT2D eigenvalue weighted by molar-refractivity contribution is 5.66. The van der Waals surface area contributed by atoms with Crippen molar-refractivity contribution in [3.05, 3.63) is 34.9 Å². The van der Waals surface area contributed by atoms with Crippen LogP contribution >= 0.6 is 0 Å². The molecule has 4 heteroatoms. The van der Waals surface area contributed by atoms with Crippen molar-refractivity contribution in [1.82, 2.24) is 0 Å². The normalized spacial score (nSPS) is 10.9. The number of hydrogen-bond donors (Lipinski definition) is 2.